The molecule has 0 saturated carbocycles. The Morgan fingerprint density at radius 1 is 1.58 bits per heavy atom. The maximum absolute atomic E-state index is 5.54. The van der Waals surface area contributed by atoms with E-state index in [0.717, 1.165) is 19.8 Å². The van der Waals surface area contributed by atoms with Crippen LogP contribution in [0, 0.1) is 5.92 Å². The van der Waals surface area contributed by atoms with Crippen molar-refractivity contribution in [1.29, 1.82) is 0 Å². The second kappa shape index (κ2) is 7.59. The molecule has 2 nitrogen and oxygen atoms in total. The molecule has 0 saturated heterocycles. The lowest BCUT2D eigenvalue weighted by atomic mass is 10.2. The largest absolute Gasteiger partial charge is 0.380 e. The van der Waals surface area contributed by atoms with Crippen LogP contribution in [0.1, 0.15) is 13.8 Å². The van der Waals surface area contributed by atoms with Gasteiger partial charge < -0.3 is 10.1 Å². The fourth-order valence-corrected chi connectivity index (χ4v) is 0.782. The van der Waals surface area contributed by atoms with Crippen molar-refractivity contribution < 1.29 is 4.74 Å². The predicted molar refractivity (Wildman–Crippen MR) is 53.5 cm³/mol. The lowest BCUT2D eigenvalue weighted by Gasteiger charge is -2.07. The first-order valence-electron chi connectivity index (χ1n) is 4.24. The predicted octanol–water partition coefficient (Wildman–Crippen LogP) is 2.00. The van der Waals surface area contributed by atoms with Gasteiger partial charge in [-0.2, -0.15) is 0 Å². The van der Waals surface area contributed by atoms with Gasteiger partial charge in [0.25, 0.3) is 0 Å². The smallest absolute Gasteiger partial charge is 0.0591 e. The van der Waals surface area contributed by atoms with Crippen LogP contribution in [0.15, 0.2) is 11.6 Å². The number of hydrogen-bond acceptors (Lipinski definition) is 2. The molecule has 72 valence electrons. The minimum atomic E-state index is 0.605. The normalized spacial score (nSPS) is 10.7. The molecule has 0 aromatic carbocycles. The molecule has 0 aliphatic heterocycles. The summed E-state index contributed by atoms with van der Waals surface area (Å²) in [4.78, 5) is 0. The molecule has 12 heavy (non-hydrogen) atoms. The van der Waals surface area contributed by atoms with Gasteiger partial charge >= 0.3 is 0 Å². The third kappa shape index (κ3) is 9.95. The fourth-order valence-electron chi connectivity index (χ4n) is 0.687. The number of nitrogens with one attached hydrogen (secondary N) is 1. The van der Waals surface area contributed by atoms with E-state index >= 15 is 0 Å². The molecule has 0 aliphatic rings. The van der Waals surface area contributed by atoms with Crippen LogP contribution in [0.5, 0.6) is 0 Å². The molecule has 0 heterocycles. The van der Waals surface area contributed by atoms with Crippen LogP contribution in [0.4, 0.5) is 0 Å². The highest BCUT2D eigenvalue weighted by Gasteiger charge is 1.93. The topological polar surface area (TPSA) is 21.3 Å². The van der Waals surface area contributed by atoms with Crippen molar-refractivity contribution in [2.24, 2.45) is 5.92 Å². The fraction of sp³-hybridized carbons (Fsp3) is 0.778. The molecule has 0 unspecified atom stereocenters. The summed E-state index contributed by atoms with van der Waals surface area (Å²) in [6.45, 7) is 10.9. The van der Waals surface area contributed by atoms with Crippen LogP contribution in [0.25, 0.3) is 0 Å². The highest BCUT2D eigenvalue weighted by molar-refractivity contribution is 6.29. The van der Waals surface area contributed by atoms with Crippen LogP contribution in [-0.4, -0.2) is 26.3 Å². The van der Waals surface area contributed by atoms with Crippen LogP contribution < -0.4 is 5.32 Å². The van der Waals surface area contributed by atoms with Gasteiger partial charge in [0, 0.05) is 24.7 Å². The highest BCUT2D eigenvalue weighted by Crippen LogP contribution is 1.93. The Hall–Kier alpha value is -0.0500. The maximum atomic E-state index is 5.54. The molecule has 0 amide bonds. The highest BCUT2D eigenvalue weighted by atomic mass is 35.5. The first-order chi connectivity index (χ1) is 5.63. The van der Waals surface area contributed by atoms with E-state index < -0.39 is 0 Å². The van der Waals surface area contributed by atoms with E-state index in [0.29, 0.717) is 17.5 Å². The number of ether oxygens (including phenoxy) is 1. The van der Waals surface area contributed by atoms with Crippen LogP contribution in [0.2, 0.25) is 0 Å². The van der Waals surface area contributed by atoms with Gasteiger partial charge in [-0.3, -0.25) is 0 Å². The number of rotatable bonds is 7. The summed E-state index contributed by atoms with van der Waals surface area (Å²) in [6, 6.07) is 0. The van der Waals surface area contributed by atoms with Crippen molar-refractivity contribution in [2.45, 2.75) is 13.8 Å². The average molecular weight is 192 g/mol. The van der Waals surface area contributed by atoms with Crippen LogP contribution in [-0.2, 0) is 4.74 Å². The Balaban J connectivity index is 2.96. The van der Waals surface area contributed by atoms with Crippen molar-refractivity contribution in [2.75, 3.05) is 26.3 Å². The van der Waals surface area contributed by atoms with Gasteiger partial charge in [0.15, 0.2) is 0 Å². The van der Waals surface area contributed by atoms with E-state index in [1.165, 1.54) is 0 Å². The van der Waals surface area contributed by atoms with Crippen molar-refractivity contribution in [3.05, 3.63) is 11.6 Å². The molecule has 1 N–H and O–H groups in total. The van der Waals surface area contributed by atoms with Crippen molar-refractivity contribution >= 4 is 11.6 Å². The van der Waals surface area contributed by atoms with Gasteiger partial charge in [-0.1, -0.05) is 32.0 Å². The average Bonchev–Trinajstić information content (AvgIpc) is 1.95. The van der Waals surface area contributed by atoms with Gasteiger partial charge in [-0.15, -0.1) is 0 Å². The molecule has 0 aromatic rings. The first kappa shape index (κ1) is 11.9. The molecule has 0 fully saturated rings. The molecular formula is C9H18ClNO. The molecule has 0 atom stereocenters. The molecule has 0 spiro atoms. The minimum Gasteiger partial charge on any atom is -0.380 e. The van der Waals surface area contributed by atoms with Crippen molar-refractivity contribution in [3.8, 4) is 0 Å². The molecule has 0 aromatic heterocycles. The summed E-state index contributed by atoms with van der Waals surface area (Å²) >= 11 is 5.54. The van der Waals surface area contributed by atoms with E-state index in [-0.39, 0.29) is 0 Å². The van der Waals surface area contributed by atoms with Crippen molar-refractivity contribution in [1.82, 2.24) is 5.32 Å². The Bertz CT molecular complexity index is 126. The molecule has 0 aliphatic carbocycles. The summed E-state index contributed by atoms with van der Waals surface area (Å²) in [5.41, 5.74) is 0. The SMILES string of the molecule is C=C(Cl)CNCCOCC(C)C. The molecule has 0 rings (SSSR count). The Morgan fingerprint density at radius 3 is 2.75 bits per heavy atom. The third-order valence-electron chi connectivity index (χ3n) is 1.19. The molecule has 3 heteroatoms. The Labute approximate surface area is 79.9 Å². The number of hydrogen-bond donors (Lipinski definition) is 1. The summed E-state index contributed by atoms with van der Waals surface area (Å²) in [5.74, 6) is 0.605. The second-order valence-corrected chi connectivity index (χ2v) is 3.70. The minimum absolute atomic E-state index is 0.605. The zero-order chi connectivity index (χ0) is 9.40. The monoisotopic (exact) mass is 191 g/mol. The van der Waals surface area contributed by atoms with Gasteiger partial charge in [-0.05, 0) is 5.92 Å². The Kier molecular flexibility index (Phi) is 7.56. The van der Waals surface area contributed by atoms with Gasteiger partial charge in [0.05, 0.1) is 6.61 Å². The third-order valence-corrected chi connectivity index (χ3v) is 1.32. The lowest BCUT2D eigenvalue weighted by molar-refractivity contribution is 0.112. The summed E-state index contributed by atoms with van der Waals surface area (Å²) in [6.07, 6.45) is 0. The van der Waals surface area contributed by atoms with E-state index in [1.54, 1.807) is 0 Å². The second-order valence-electron chi connectivity index (χ2n) is 3.16. The summed E-state index contributed by atoms with van der Waals surface area (Å²) < 4.78 is 5.34. The van der Waals surface area contributed by atoms with Crippen LogP contribution in [0.3, 0.4) is 0 Å². The standard InChI is InChI=1S/C9H18ClNO/c1-8(2)7-12-5-4-11-6-9(3)10/h8,11H,3-7H2,1-2H3. The van der Waals surface area contributed by atoms with Gasteiger partial charge in [-0.25, -0.2) is 0 Å². The number of halogens is 1. The van der Waals surface area contributed by atoms with Gasteiger partial charge in [0.2, 0.25) is 0 Å². The van der Waals surface area contributed by atoms with Crippen molar-refractivity contribution in [3.63, 3.8) is 0 Å². The maximum Gasteiger partial charge on any atom is 0.0591 e. The van der Waals surface area contributed by atoms with E-state index in [2.05, 4.69) is 25.7 Å². The Morgan fingerprint density at radius 2 is 2.25 bits per heavy atom. The zero-order valence-corrected chi connectivity index (χ0v) is 8.66. The quantitative estimate of drug-likeness (QED) is 0.622. The lowest BCUT2D eigenvalue weighted by Crippen LogP contribution is -2.21. The zero-order valence-electron chi connectivity index (χ0n) is 7.90. The first-order valence-corrected chi connectivity index (χ1v) is 4.62. The molecule has 0 bridgehead atoms. The van der Waals surface area contributed by atoms with E-state index in [1.807, 2.05) is 0 Å². The molecular weight excluding hydrogens is 174 g/mol. The summed E-state index contributed by atoms with van der Waals surface area (Å²) in [7, 11) is 0. The summed E-state index contributed by atoms with van der Waals surface area (Å²) in [5, 5.41) is 3.74. The van der Waals surface area contributed by atoms with Crippen LogP contribution >= 0.6 is 11.6 Å². The van der Waals surface area contributed by atoms with Gasteiger partial charge in [0.1, 0.15) is 0 Å². The van der Waals surface area contributed by atoms with E-state index in [9.17, 15) is 0 Å². The molecule has 0 radical (unpaired) electrons. The van der Waals surface area contributed by atoms with E-state index in [4.69, 9.17) is 16.3 Å².